The highest BCUT2D eigenvalue weighted by atomic mass is 16.5. The summed E-state index contributed by atoms with van der Waals surface area (Å²) in [6, 6.07) is 8.50. The van der Waals surface area contributed by atoms with Crippen molar-refractivity contribution in [2.45, 2.75) is 31.7 Å². The van der Waals surface area contributed by atoms with Gasteiger partial charge in [0.25, 0.3) is 0 Å². The van der Waals surface area contributed by atoms with Gasteiger partial charge in [-0.05, 0) is 31.0 Å². The summed E-state index contributed by atoms with van der Waals surface area (Å²) < 4.78 is 5.78. The van der Waals surface area contributed by atoms with Crippen molar-refractivity contribution in [2.75, 3.05) is 13.2 Å². The van der Waals surface area contributed by atoms with Gasteiger partial charge in [0.1, 0.15) is 5.75 Å². The van der Waals surface area contributed by atoms with Gasteiger partial charge < -0.3 is 10.1 Å². The number of fused-ring (bicyclic) bond motifs is 1. The van der Waals surface area contributed by atoms with E-state index in [0.29, 0.717) is 5.92 Å². The van der Waals surface area contributed by atoms with E-state index in [4.69, 9.17) is 4.74 Å². The van der Waals surface area contributed by atoms with E-state index >= 15 is 0 Å². The van der Waals surface area contributed by atoms with E-state index in [1.807, 2.05) is 12.3 Å². The summed E-state index contributed by atoms with van der Waals surface area (Å²) in [6.07, 6.45) is 7.45. The second kappa shape index (κ2) is 6.68. The Hall–Kier alpha value is -1.94. The van der Waals surface area contributed by atoms with Crippen molar-refractivity contribution in [1.82, 2.24) is 15.3 Å². The lowest BCUT2D eigenvalue weighted by atomic mass is 9.85. The van der Waals surface area contributed by atoms with Gasteiger partial charge in [0.15, 0.2) is 0 Å². The number of hydrogen-bond acceptors (Lipinski definition) is 4. The minimum Gasteiger partial charge on any atom is -0.493 e. The summed E-state index contributed by atoms with van der Waals surface area (Å²) in [6.45, 7) is 3.91. The van der Waals surface area contributed by atoms with Crippen molar-refractivity contribution in [3.05, 3.63) is 54.1 Å². The zero-order valence-corrected chi connectivity index (χ0v) is 12.3. The van der Waals surface area contributed by atoms with Crippen LogP contribution in [0.2, 0.25) is 0 Å². The first kappa shape index (κ1) is 14.0. The molecule has 4 heteroatoms. The first-order chi connectivity index (χ1) is 10.4. The molecule has 21 heavy (non-hydrogen) atoms. The molecule has 2 atom stereocenters. The summed E-state index contributed by atoms with van der Waals surface area (Å²) in [5.74, 6) is 1.37. The van der Waals surface area contributed by atoms with Gasteiger partial charge in [-0.1, -0.05) is 25.1 Å². The second-order valence-electron chi connectivity index (χ2n) is 5.34. The zero-order valence-electron chi connectivity index (χ0n) is 12.3. The molecule has 0 bridgehead atoms. The predicted molar refractivity (Wildman–Crippen MR) is 82.4 cm³/mol. The SMILES string of the molecule is CCCNC(c1cnccn1)C1CCOc2ccccc21. The van der Waals surface area contributed by atoms with E-state index in [0.717, 1.165) is 37.4 Å². The number of ether oxygens (including phenoxy) is 1. The van der Waals surface area contributed by atoms with Crippen molar-refractivity contribution >= 4 is 0 Å². The maximum atomic E-state index is 5.78. The van der Waals surface area contributed by atoms with Gasteiger partial charge in [0.05, 0.1) is 18.3 Å². The highest BCUT2D eigenvalue weighted by Gasteiger charge is 2.30. The quantitative estimate of drug-likeness (QED) is 0.916. The first-order valence-electron chi connectivity index (χ1n) is 7.61. The van der Waals surface area contributed by atoms with E-state index < -0.39 is 0 Å². The molecule has 0 saturated heterocycles. The lowest BCUT2D eigenvalue weighted by molar-refractivity contribution is 0.244. The third-order valence-corrected chi connectivity index (χ3v) is 3.92. The first-order valence-corrected chi connectivity index (χ1v) is 7.61. The maximum absolute atomic E-state index is 5.78. The number of aromatic nitrogens is 2. The van der Waals surface area contributed by atoms with E-state index in [1.54, 1.807) is 12.4 Å². The van der Waals surface area contributed by atoms with Crippen molar-refractivity contribution in [3.63, 3.8) is 0 Å². The van der Waals surface area contributed by atoms with Crippen LogP contribution in [0.25, 0.3) is 0 Å². The Morgan fingerprint density at radius 3 is 3.05 bits per heavy atom. The molecule has 1 aromatic heterocycles. The van der Waals surface area contributed by atoms with E-state index in [1.165, 1.54) is 5.56 Å². The summed E-state index contributed by atoms with van der Waals surface area (Å²) >= 11 is 0. The Bertz CT molecular complexity index is 573. The predicted octanol–water partition coefficient (Wildman–Crippen LogP) is 3.08. The minimum atomic E-state index is 0.184. The molecule has 0 fully saturated rings. The van der Waals surface area contributed by atoms with Crippen LogP contribution in [0.1, 0.15) is 43.0 Å². The van der Waals surface area contributed by atoms with Gasteiger partial charge in [-0.3, -0.25) is 9.97 Å². The van der Waals surface area contributed by atoms with Gasteiger partial charge in [0, 0.05) is 24.5 Å². The lowest BCUT2D eigenvalue weighted by Gasteiger charge is -2.32. The van der Waals surface area contributed by atoms with Crippen molar-refractivity contribution in [2.24, 2.45) is 0 Å². The van der Waals surface area contributed by atoms with Gasteiger partial charge in [-0.2, -0.15) is 0 Å². The molecule has 1 N–H and O–H groups in total. The van der Waals surface area contributed by atoms with Crippen molar-refractivity contribution in [1.29, 1.82) is 0 Å². The molecule has 1 aliphatic rings. The Labute approximate surface area is 125 Å². The van der Waals surface area contributed by atoms with Gasteiger partial charge in [0.2, 0.25) is 0 Å². The van der Waals surface area contributed by atoms with Crippen LogP contribution < -0.4 is 10.1 Å². The number of rotatable bonds is 5. The van der Waals surface area contributed by atoms with Gasteiger partial charge in [-0.15, -0.1) is 0 Å². The molecule has 110 valence electrons. The molecular weight excluding hydrogens is 262 g/mol. The van der Waals surface area contributed by atoms with Crippen LogP contribution in [0.5, 0.6) is 5.75 Å². The second-order valence-corrected chi connectivity index (χ2v) is 5.34. The highest BCUT2D eigenvalue weighted by Crippen LogP contribution is 2.40. The molecule has 2 aromatic rings. The Morgan fingerprint density at radius 2 is 2.24 bits per heavy atom. The summed E-state index contributed by atoms with van der Waals surface area (Å²) in [5, 5.41) is 3.64. The maximum Gasteiger partial charge on any atom is 0.122 e. The molecule has 2 unspecified atom stereocenters. The third kappa shape index (κ3) is 3.05. The highest BCUT2D eigenvalue weighted by molar-refractivity contribution is 5.39. The van der Waals surface area contributed by atoms with Crippen molar-refractivity contribution < 1.29 is 4.74 Å². The molecule has 2 heterocycles. The fraction of sp³-hybridized carbons (Fsp3) is 0.412. The standard InChI is InChI=1S/C17H21N3O/c1-2-8-20-17(15-12-18-9-10-19-15)14-7-11-21-16-6-4-3-5-13(14)16/h3-6,9-10,12,14,17,20H,2,7-8,11H2,1H3. The number of hydrogen-bond donors (Lipinski definition) is 1. The van der Waals surface area contributed by atoms with Crippen LogP contribution in [0.3, 0.4) is 0 Å². The van der Waals surface area contributed by atoms with Gasteiger partial charge >= 0.3 is 0 Å². The number of nitrogens with one attached hydrogen (secondary N) is 1. The topological polar surface area (TPSA) is 47.0 Å². The summed E-state index contributed by atoms with van der Waals surface area (Å²) in [7, 11) is 0. The lowest BCUT2D eigenvalue weighted by Crippen LogP contribution is -2.31. The molecule has 1 aromatic carbocycles. The molecule has 0 amide bonds. The van der Waals surface area contributed by atoms with E-state index in [2.05, 4.69) is 40.4 Å². The number of para-hydroxylation sites is 1. The minimum absolute atomic E-state index is 0.184. The van der Waals surface area contributed by atoms with E-state index in [-0.39, 0.29) is 6.04 Å². The normalized spacial score (nSPS) is 18.6. The van der Waals surface area contributed by atoms with Crippen LogP contribution in [-0.4, -0.2) is 23.1 Å². The van der Waals surface area contributed by atoms with Crippen LogP contribution in [0.4, 0.5) is 0 Å². The van der Waals surface area contributed by atoms with E-state index in [9.17, 15) is 0 Å². The molecule has 4 nitrogen and oxygen atoms in total. The third-order valence-electron chi connectivity index (χ3n) is 3.92. The Kier molecular flexibility index (Phi) is 4.46. The summed E-state index contributed by atoms with van der Waals surface area (Å²) in [4.78, 5) is 8.74. The number of benzene rings is 1. The average Bonchev–Trinajstić information content (AvgIpc) is 2.56. The molecule has 1 aliphatic heterocycles. The summed E-state index contributed by atoms with van der Waals surface area (Å²) in [5.41, 5.74) is 2.27. The molecule has 0 spiro atoms. The zero-order chi connectivity index (χ0) is 14.5. The molecule has 0 aliphatic carbocycles. The largest absolute Gasteiger partial charge is 0.493 e. The van der Waals surface area contributed by atoms with Crippen LogP contribution in [-0.2, 0) is 0 Å². The molecule has 0 saturated carbocycles. The monoisotopic (exact) mass is 283 g/mol. The molecule has 0 radical (unpaired) electrons. The van der Waals surface area contributed by atoms with Crippen LogP contribution in [0, 0.1) is 0 Å². The Balaban J connectivity index is 1.94. The van der Waals surface area contributed by atoms with Crippen LogP contribution in [0.15, 0.2) is 42.9 Å². The average molecular weight is 283 g/mol. The van der Waals surface area contributed by atoms with Crippen LogP contribution >= 0.6 is 0 Å². The fourth-order valence-electron chi connectivity index (χ4n) is 2.94. The van der Waals surface area contributed by atoms with Gasteiger partial charge in [-0.25, -0.2) is 0 Å². The smallest absolute Gasteiger partial charge is 0.122 e. The fourth-order valence-corrected chi connectivity index (χ4v) is 2.94. The Morgan fingerprint density at radius 1 is 1.33 bits per heavy atom. The number of nitrogens with zero attached hydrogens (tertiary/aromatic N) is 2. The molecular formula is C17H21N3O. The molecule has 3 rings (SSSR count). The van der Waals surface area contributed by atoms with Crippen molar-refractivity contribution in [3.8, 4) is 5.75 Å².